The van der Waals surface area contributed by atoms with Crippen LogP contribution in [0.5, 0.6) is 0 Å². The van der Waals surface area contributed by atoms with Gasteiger partial charge in [-0.2, -0.15) is 0 Å². The first-order chi connectivity index (χ1) is 6.70. The van der Waals surface area contributed by atoms with E-state index in [-0.39, 0.29) is 11.3 Å². The molecular formula is C9H7NO4. The summed E-state index contributed by atoms with van der Waals surface area (Å²) in [7, 11) is 0. The van der Waals surface area contributed by atoms with Gasteiger partial charge in [-0.05, 0) is 19.1 Å². The first-order valence-corrected chi connectivity index (χ1v) is 3.93. The number of hydrogen-bond donors (Lipinski definition) is 1. The largest absolute Gasteiger partial charge is 0.477 e. The molecule has 1 N–H and O–H groups in total. The predicted molar refractivity (Wildman–Crippen MR) is 45.9 cm³/mol. The lowest BCUT2D eigenvalue weighted by Gasteiger charge is -1.91. The van der Waals surface area contributed by atoms with Gasteiger partial charge in [-0.25, -0.2) is 4.79 Å². The number of rotatable bonds is 2. The first kappa shape index (κ1) is 8.55. The van der Waals surface area contributed by atoms with Crippen molar-refractivity contribution < 1.29 is 18.8 Å². The van der Waals surface area contributed by atoms with Gasteiger partial charge in [0.05, 0.1) is 12.0 Å². The van der Waals surface area contributed by atoms with Crippen LogP contribution in [0.2, 0.25) is 0 Å². The molecular weight excluding hydrogens is 186 g/mol. The van der Waals surface area contributed by atoms with E-state index in [1.54, 1.807) is 19.1 Å². The van der Waals surface area contributed by atoms with Gasteiger partial charge >= 0.3 is 5.97 Å². The predicted octanol–water partition coefficient (Wildman–Crippen LogP) is 1.94. The van der Waals surface area contributed by atoms with Crippen LogP contribution >= 0.6 is 0 Å². The first-order valence-electron chi connectivity index (χ1n) is 3.93. The molecule has 5 heteroatoms. The summed E-state index contributed by atoms with van der Waals surface area (Å²) in [5.41, 5.74) is 0.379. The molecule has 0 saturated carbocycles. The molecule has 2 rings (SSSR count). The number of hydrogen-bond acceptors (Lipinski definition) is 4. The third kappa shape index (κ3) is 1.19. The van der Waals surface area contributed by atoms with E-state index in [1.807, 2.05) is 0 Å². The molecule has 0 aromatic carbocycles. The van der Waals surface area contributed by atoms with Gasteiger partial charge in [-0.15, -0.1) is 0 Å². The molecule has 2 aromatic heterocycles. The lowest BCUT2D eigenvalue weighted by Crippen LogP contribution is -1.98. The number of nitrogens with zero attached hydrogens (tertiary/aromatic N) is 1. The molecule has 0 aliphatic carbocycles. The van der Waals surface area contributed by atoms with Crippen molar-refractivity contribution in [2.45, 2.75) is 6.92 Å². The Morgan fingerprint density at radius 2 is 2.36 bits per heavy atom. The van der Waals surface area contributed by atoms with Gasteiger partial charge in [0.1, 0.15) is 5.56 Å². The van der Waals surface area contributed by atoms with E-state index in [0.29, 0.717) is 11.5 Å². The lowest BCUT2D eigenvalue weighted by atomic mass is 10.2. The number of carboxylic acids is 1. The molecule has 0 saturated heterocycles. The highest BCUT2D eigenvalue weighted by Crippen LogP contribution is 2.26. The Hall–Kier alpha value is -2.04. The Kier molecular flexibility index (Phi) is 1.85. The van der Waals surface area contributed by atoms with Gasteiger partial charge in [0, 0.05) is 0 Å². The van der Waals surface area contributed by atoms with Gasteiger partial charge in [-0.3, -0.25) is 0 Å². The van der Waals surface area contributed by atoms with Crippen LogP contribution in [0.1, 0.15) is 16.1 Å². The van der Waals surface area contributed by atoms with Crippen LogP contribution < -0.4 is 0 Å². The third-order valence-corrected chi connectivity index (χ3v) is 1.82. The number of carboxylic acid groups (broad SMARTS) is 1. The molecule has 2 aromatic rings. The van der Waals surface area contributed by atoms with Crippen molar-refractivity contribution >= 4 is 5.97 Å². The number of aromatic nitrogens is 1. The van der Waals surface area contributed by atoms with Crippen LogP contribution in [0.3, 0.4) is 0 Å². The smallest absolute Gasteiger partial charge is 0.341 e. The Balaban J connectivity index is 2.60. The van der Waals surface area contributed by atoms with Crippen molar-refractivity contribution in [3.05, 3.63) is 29.7 Å². The molecule has 0 bridgehead atoms. The van der Waals surface area contributed by atoms with Crippen molar-refractivity contribution in [1.82, 2.24) is 5.16 Å². The average Bonchev–Trinajstić information content (AvgIpc) is 2.70. The van der Waals surface area contributed by atoms with Crippen molar-refractivity contribution in [1.29, 1.82) is 0 Å². The lowest BCUT2D eigenvalue weighted by molar-refractivity contribution is 0.0696. The minimum atomic E-state index is -1.07. The average molecular weight is 193 g/mol. The summed E-state index contributed by atoms with van der Waals surface area (Å²) in [6.07, 6.45) is 1.44. The highest BCUT2D eigenvalue weighted by Gasteiger charge is 2.22. The maximum atomic E-state index is 10.9. The molecule has 0 radical (unpaired) electrons. The zero-order chi connectivity index (χ0) is 10.1. The van der Waals surface area contributed by atoms with Crippen molar-refractivity contribution in [3.8, 4) is 11.5 Å². The number of furan rings is 1. The fraction of sp³-hybridized carbons (Fsp3) is 0.111. The fourth-order valence-electron chi connectivity index (χ4n) is 1.20. The van der Waals surface area contributed by atoms with Gasteiger partial charge in [0.2, 0.25) is 5.76 Å². The Labute approximate surface area is 78.9 Å². The van der Waals surface area contributed by atoms with Crippen LogP contribution in [0.25, 0.3) is 11.5 Å². The topological polar surface area (TPSA) is 76.5 Å². The highest BCUT2D eigenvalue weighted by molar-refractivity contribution is 5.94. The molecule has 0 aliphatic rings. The molecule has 2 heterocycles. The zero-order valence-corrected chi connectivity index (χ0v) is 7.35. The van der Waals surface area contributed by atoms with Gasteiger partial charge in [0.25, 0.3) is 0 Å². The van der Waals surface area contributed by atoms with Crippen molar-refractivity contribution in [2.75, 3.05) is 0 Å². The maximum Gasteiger partial charge on any atom is 0.341 e. The van der Waals surface area contributed by atoms with Crippen LogP contribution in [0.4, 0.5) is 0 Å². The molecule has 0 unspecified atom stereocenters. The number of aryl methyl sites for hydroxylation is 1. The molecule has 0 atom stereocenters. The molecule has 72 valence electrons. The molecule has 0 aliphatic heterocycles. The zero-order valence-electron chi connectivity index (χ0n) is 7.35. The standard InChI is InChI=1S/C9H7NO4/c1-5-7(9(11)12)8(14-10-5)6-3-2-4-13-6/h2-4H,1H3,(H,11,12). The molecule has 5 nitrogen and oxygen atoms in total. The van der Waals surface area contributed by atoms with Crippen LogP contribution in [-0.2, 0) is 0 Å². The third-order valence-electron chi connectivity index (χ3n) is 1.82. The minimum Gasteiger partial charge on any atom is -0.477 e. The minimum absolute atomic E-state index is 0.0416. The number of aromatic carboxylic acids is 1. The highest BCUT2D eigenvalue weighted by atomic mass is 16.5. The second kappa shape index (κ2) is 3.02. The second-order valence-electron chi connectivity index (χ2n) is 2.75. The molecule has 0 spiro atoms. The van der Waals surface area contributed by atoms with Gasteiger partial charge in [-0.1, -0.05) is 5.16 Å². The summed E-state index contributed by atoms with van der Waals surface area (Å²) >= 11 is 0. The van der Waals surface area contributed by atoms with Crippen LogP contribution in [-0.4, -0.2) is 16.2 Å². The normalized spacial score (nSPS) is 10.4. The second-order valence-corrected chi connectivity index (χ2v) is 2.75. The molecule has 0 fully saturated rings. The van der Waals surface area contributed by atoms with E-state index in [4.69, 9.17) is 14.0 Å². The van der Waals surface area contributed by atoms with Gasteiger partial charge < -0.3 is 14.0 Å². The van der Waals surface area contributed by atoms with E-state index in [1.165, 1.54) is 6.26 Å². The summed E-state index contributed by atoms with van der Waals surface area (Å²) in [4.78, 5) is 10.9. The number of carbonyl (C=O) groups is 1. The van der Waals surface area contributed by atoms with E-state index in [0.717, 1.165) is 0 Å². The fourth-order valence-corrected chi connectivity index (χ4v) is 1.20. The van der Waals surface area contributed by atoms with Crippen LogP contribution in [0, 0.1) is 6.92 Å². The summed E-state index contributed by atoms with van der Waals surface area (Å²) in [5.74, 6) is -0.557. The Morgan fingerprint density at radius 1 is 1.57 bits per heavy atom. The van der Waals surface area contributed by atoms with Crippen molar-refractivity contribution in [2.24, 2.45) is 0 Å². The van der Waals surface area contributed by atoms with E-state index in [9.17, 15) is 4.79 Å². The summed E-state index contributed by atoms with van der Waals surface area (Å²) < 4.78 is 9.90. The monoisotopic (exact) mass is 193 g/mol. The van der Waals surface area contributed by atoms with Crippen LogP contribution in [0.15, 0.2) is 27.3 Å². The summed E-state index contributed by atoms with van der Waals surface area (Å²) in [5, 5.41) is 12.5. The Morgan fingerprint density at radius 3 is 2.93 bits per heavy atom. The Bertz CT molecular complexity index is 455. The molecule has 14 heavy (non-hydrogen) atoms. The van der Waals surface area contributed by atoms with E-state index >= 15 is 0 Å². The quantitative estimate of drug-likeness (QED) is 0.788. The van der Waals surface area contributed by atoms with Gasteiger partial charge in [0.15, 0.2) is 5.76 Å². The summed E-state index contributed by atoms with van der Waals surface area (Å²) in [6, 6.07) is 3.27. The van der Waals surface area contributed by atoms with E-state index < -0.39 is 5.97 Å². The maximum absolute atomic E-state index is 10.9. The summed E-state index contributed by atoms with van der Waals surface area (Å²) in [6.45, 7) is 1.57. The SMILES string of the molecule is Cc1noc(-c2ccco2)c1C(=O)O. The van der Waals surface area contributed by atoms with Crippen molar-refractivity contribution in [3.63, 3.8) is 0 Å². The van der Waals surface area contributed by atoms with E-state index in [2.05, 4.69) is 5.16 Å². The molecule has 0 amide bonds.